The van der Waals surface area contributed by atoms with E-state index in [9.17, 15) is 9.18 Å². The van der Waals surface area contributed by atoms with Crippen molar-refractivity contribution in [1.29, 1.82) is 0 Å². The van der Waals surface area contributed by atoms with Crippen molar-refractivity contribution in [3.05, 3.63) is 46.2 Å². The maximum absolute atomic E-state index is 13.0. The van der Waals surface area contributed by atoms with Crippen LogP contribution in [-0.2, 0) is 9.53 Å². The molecule has 1 saturated heterocycles. The summed E-state index contributed by atoms with van der Waals surface area (Å²) in [5, 5.41) is 0. The van der Waals surface area contributed by atoms with Gasteiger partial charge in [-0.15, -0.1) is 0 Å². The highest BCUT2D eigenvalue weighted by Crippen LogP contribution is 2.33. The van der Waals surface area contributed by atoms with Gasteiger partial charge in [0.1, 0.15) is 11.9 Å². The average molecular weight is 271 g/mol. The third-order valence-corrected chi connectivity index (χ3v) is 2.89. The summed E-state index contributed by atoms with van der Waals surface area (Å²) in [5.41, 5.74) is 1.23. The van der Waals surface area contributed by atoms with Gasteiger partial charge in [0.2, 0.25) is 0 Å². The molecule has 2 rings (SSSR count). The fraction of sp³-hybridized carbons (Fsp3) is 0.182. The van der Waals surface area contributed by atoms with Crippen molar-refractivity contribution in [2.24, 2.45) is 0 Å². The standard InChI is InChI=1S/C11H8BrFO2/c1-6-4-10(15-11(6)14)7-2-3-9(13)8(12)5-7/h2-3,5,10H,1,4H2. The normalized spacial score (nSPS) is 20.5. The molecular formula is C11H8BrFO2. The van der Waals surface area contributed by atoms with Crippen LogP contribution in [0.1, 0.15) is 18.1 Å². The third-order valence-electron chi connectivity index (χ3n) is 2.29. The topological polar surface area (TPSA) is 26.3 Å². The van der Waals surface area contributed by atoms with Crippen LogP contribution in [0.3, 0.4) is 0 Å². The Morgan fingerprint density at radius 3 is 2.80 bits per heavy atom. The zero-order valence-electron chi connectivity index (χ0n) is 7.80. The second-order valence-corrected chi connectivity index (χ2v) is 4.23. The summed E-state index contributed by atoms with van der Waals surface area (Å²) in [4.78, 5) is 11.1. The number of benzene rings is 1. The molecule has 0 bridgehead atoms. The first kappa shape index (κ1) is 10.4. The second-order valence-electron chi connectivity index (χ2n) is 3.38. The van der Waals surface area contributed by atoms with Gasteiger partial charge >= 0.3 is 5.97 Å². The van der Waals surface area contributed by atoms with Crippen LogP contribution in [0.2, 0.25) is 0 Å². The van der Waals surface area contributed by atoms with Crippen LogP contribution in [0.4, 0.5) is 4.39 Å². The second kappa shape index (κ2) is 3.77. The number of hydrogen-bond donors (Lipinski definition) is 0. The molecule has 1 atom stereocenters. The van der Waals surface area contributed by atoms with E-state index >= 15 is 0 Å². The SMILES string of the molecule is C=C1CC(c2ccc(F)c(Br)c2)OC1=O. The van der Waals surface area contributed by atoms with E-state index < -0.39 is 0 Å². The molecule has 1 aromatic rings. The van der Waals surface area contributed by atoms with Crippen molar-refractivity contribution in [2.45, 2.75) is 12.5 Å². The largest absolute Gasteiger partial charge is 0.454 e. The predicted molar refractivity (Wildman–Crippen MR) is 56.7 cm³/mol. The minimum absolute atomic E-state index is 0.332. The van der Waals surface area contributed by atoms with Gasteiger partial charge in [-0.1, -0.05) is 12.6 Å². The number of esters is 1. The van der Waals surface area contributed by atoms with Crippen LogP contribution >= 0.6 is 15.9 Å². The van der Waals surface area contributed by atoms with Crippen molar-refractivity contribution < 1.29 is 13.9 Å². The molecular weight excluding hydrogens is 263 g/mol. The monoisotopic (exact) mass is 270 g/mol. The number of rotatable bonds is 1. The van der Waals surface area contributed by atoms with Gasteiger partial charge in [0, 0.05) is 12.0 Å². The molecule has 1 aliphatic rings. The molecule has 1 aliphatic heterocycles. The van der Waals surface area contributed by atoms with Gasteiger partial charge in [-0.25, -0.2) is 9.18 Å². The maximum Gasteiger partial charge on any atom is 0.334 e. The van der Waals surface area contributed by atoms with Gasteiger partial charge in [0.25, 0.3) is 0 Å². The Balaban J connectivity index is 2.28. The Kier molecular flexibility index (Phi) is 2.61. The number of halogens is 2. The van der Waals surface area contributed by atoms with Crippen LogP contribution in [0.15, 0.2) is 34.8 Å². The van der Waals surface area contributed by atoms with E-state index in [4.69, 9.17) is 4.74 Å². The first-order valence-corrected chi connectivity index (χ1v) is 5.21. The van der Waals surface area contributed by atoms with Gasteiger partial charge in [-0.05, 0) is 33.6 Å². The Hall–Kier alpha value is -1.16. The predicted octanol–water partition coefficient (Wildman–Crippen LogP) is 3.13. The molecule has 0 spiro atoms. The molecule has 0 N–H and O–H groups in total. The molecule has 0 amide bonds. The van der Waals surface area contributed by atoms with E-state index in [1.165, 1.54) is 6.07 Å². The minimum Gasteiger partial charge on any atom is -0.454 e. The summed E-state index contributed by atoms with van der Waals surface area (Å²) in [6, 6.07) is 4.57. The van der Waals surface area contributed by atoms with Crippen molar-refractivity contribution in [1.82, 2.24) is 0 Å². The third kappa shape index (κ3) is 1.95. The molecule has 78 valence electrons. The fourth-order valence-corrected chi connectivity index (χ4v) is 1.86. The lowest BCUT2D eigenvalue weighted by atomic mass is 10.1. The van der Waals surface area contributed by atoms with E-state index in [1.807, 2.05) is 0 Å². The maximum atomic E-state index is 13.0. The summed E-state index contributed by atoms with van der Waals surface area (Å²) < 4.78 is 18.4. The van der Waals surface area contributed by atoms with Gasteiger partial charge in [0.15, 0.2) is 0 Å². The lowest BCUT2D eigenvalue weighted by Gasteiger charge is -2.09. The zero-order chi connectivity index (χ0) is 11.0. The number of ether oxygens (including phenoxy) is 1. The molecule has 1 fully saturated rings. The molecule has 1 heterocycles. The molecule has 0 saturated carbocycles. The molecule has 1 aromatic carbocycles. The summed E-state index contributed by atoms with van der Waals surface area (Å²) >= 11 is 3.09. The Morgan fingerprint density at radius 2 is 2.27 bits per heavy atom. The van der Waals surface area contributed by atoms with Crippen molar-refractivity contribution in [3.63, 3.8) is 0 Å². The van der Waals surface area contributed by atoms with E-state index in [0.717, 1.165) is 5.56 Å². The quantitative estimate of drug-likeness (QED) is 0.579. The van der Waals surface area contributed by atoms with E-state index in [-0.39, 0.29) is 17.9 Å². The molecule has 0 radical (unpaired) electrons. The fourth-order valence-electron chi connectivity index (χ4n) is 1.46. The average Bonchev–Trinajstić information content (AvgIpc) is 2.52. The van der Waals surface area contributed by atoms with Gasteiger partial charge in [-0.3, -0.25) is 0 Å². The highest BCUT2D eigenvalue weighted by Gasteiger charge is 2.28. The lowest BCUT2D eigenvalue weighted by Crippen LogP contribution is -1.99. The summed E-state index contributed by atoms with van der Waals surface area (Å²) in [7, 11) is 0. The van der Waals surface area contributed by atoms with Gasteiger partial charge in [-0.2, -0.15) is 0 Å². The number of carbonyl (C=O) groups is 1. The highest BCUT2D eigenvalue weighted by atomic mass is 79.9. The van der Waals surface area contributed by atoms with Crippen LogP contribution < -0.4 is 0 Å². The molecule has 0 aromatic heterocycles. The van der Waals surface area contributed by atoms with Crippen molar-refractivity contribution in [3.8, 4) is 0 Å². The number of hydrogen-bond acceptors (Lipinski definition) is 2. The molecule has 15 heavy (non-hydrogen) atoms. The smallest absolute Gasteiger partial charge is 0.334 e. The Labute approximate surface area is 94.9 Å². The molecule has 4 heteroatoms. The summed E-state index contributed by atoms with van der Waals surface area (Å²) in [5.74, 6) is -0.706. The Morgan fingerprint density at radius 1 is 1.53 bits per heavy atom. The first-order valence-electron chi connectivity index (χ1n) is 4.41. The highest BCUT2D eigenvalue weighted by molar-refractivity contribution is 9.10. The van der Waals surface area contributed by atoms with Crippen LogP contribution in [-0.4, -0.2) is 5.97 Å². The first-order chi connectivity index (χ1) is 7.08. The van der Waals surface area contributed by atoms with E-state index in [2.05, 4.69) is 22.5 Å². The Bertz CT molecular complexity index is 426. The summed E-state index contributed by atoms with van der Waals surface area (Å²) in [6.45, 7) is 3.59. The van der Waals surface area contributed by atoms with Gasteiger partial charge < -0.3 is 4.74 Å². The lowest BCUT2D eigenvalue weighted by molar-refractivity contribution is -0.139. The van der Waals surface area contributed by atoms with Crippen LogP contribution in [0.25, 0.3) is 0 Å². The van der Waals surface area contributed by atoms with Crippen LogP contribution in [0.5, 0.6) is 0 Å². The van der Waals surface area contributed by atoms with Crippen LogP contribution in [0, 0.1) is 5.82 Å². The molecule has 1 unspecified atom stereocenters. The number of carbonyl (C=O) groups excluding carboxylic acids is 1. The number of cyclic esters (lactones) is 1. The van der Waals surface area contributed by atoms with Crippen molar-refractivity contribution in [2.75, 3.05) is 0 Å². The van der Waals surface area contributed by atoms with Gasteiger partial charge in [0.05, 0.1) is 4.47 Å². The zero-order valence-corrected chi connectivity index (χ0v) is 9.38. The van der Waals surface area contributed by atoms with E-state index in [0.29, 0.717) is 16.5 Å². The van der Waals surface area contributed by atoms with E-state index in [1.54, 1.807) is 12.1 Å². The van der Waals surface area contributed by atoms with Crippen molar-refractivity contribution >= 4 is 21.9 Å². The molecule has 0 aliphatic carbocycles. The minimum atomic E-state index is -0.375. The summed E-state index contributed by atoms with van der Waals surface area (Å²) in [6.07, 6.45) is 0.138. The molecule has 2 nitrogen and oxygen atoms in total.